The third-order valence-corrected chi connectivity index (χ3v) is 5.58. The summed E-state index contributed by atoms with van der Waals surface area (Å²) in [7, 11) is 0. The number of likely N-dealkylation sites (tertiary alicyclic amines) is 1. The van der Waals surface area contributed by atoms with E-state index >= 15 is 0 Å². The molecule has 0 amide bonds. The minimum Gasteiger partial charge on any atom is -0.489 e. The van der Waals surface area contributed by atoms with Crippen LogP contribution in [0.15, 0.2) is 54.6 Å². The predicted molar refractivity (Wildman–Crippen MR) is 99.4 cm³/mol. The van der Waals surface area contributed by atoms with E-state index in [-0.39, 0.29) is 5.60 Å². The molecule has 1 heterocycles. The molecule has 132 valence electrons. The van der Waals surface area contributed by atoms with Crippen molar-refractivity contribution >= 4 is 0 Å². The van der Waals surface area contributed by atoms with Crippen LogP contribution in [0.25, 0.3) is 0 Å². The molecule has 0 bridgehead atoms. The van der Waals surface area contributed by atoms with Crippen molar-refractivity contribution in [2.24, 2.45) is 5.92 Å². The smallest absolute Gasteiger partial charge is 0.120 e. The van der Waals surface area contributed by atoms with Gasteiger partial charge in [-0.25, -0.2) is 0 Å². The summed E-state index contributed by atoms with van der Waals surface area (Å²) in [6.45, 7) is 3.69. The molecule has 1 saturated carbocycles. The standard InChI is InChI=1S/C22H27NO2/c24-22(11-12-22)20-9-5-13-23(16-20)15-19-8-4-10-21(14-19)25-17-18-6-2-1-3-7-18/h1-4,6-8,10,14,20,24H,5,9,11-13,15-17H2. The summed E-state index contributed by atoms with van der Waals surface area (Å²) in [5.74, 6) is 1.38. The Morgan fingerprint density at radius 1 is 1.04 bits per heavy atom. The summed E-state index contributed by atoms with van der Waals surface area (Å²) >= 11 is 0. The molecule has 2 aromatic carbocycles. The van der Waals surface area contributed by atoms with Crippen molar-refractivity contribution in [2.45, 2.75) is 44.4 Å². The molecule has 0 radical (unpaired) electrons. The summed E-state index contributed by atoms with van der Waals surface area (Å²) in [5.41, 5.74) is 2.12. The zero-order chi connectivity index (χ0) is 17.1. The van der Waals surface area contributed by atoms with Gasteiger partial charge in [0.1, 0.15) is 12.4 Å². The Morgan fingerprint density at radius 3 is 2.64 bits per heavy atom. The summed E-state index contributed by atoms with van der Waals surface area (Å²) in [5, 5.41) is 10.4. The van der Waals surface area contributed by atoms with Gasteiger partial charge in [0, 0.05) is 19.0 Å². The Labute approximate surface area is 150 Å². The van der Waals surface area contributed by atoms with Crippen molar-refractivity contribution in [2.75, 3.05) is 13.1 Å². The second-order valence-corrected chi connectivity index (χ2v) is 7.60. The maximum Gasteiger partial charge on any atom is 0.120 e. The fraction of sp³-hybridized carbons (Fsp3) is 0.455. The van der Waals surface area contributed by atoms with E-state index < -0.39 is 0 Å². The number of benzene rings is 2. The fourth-order valence-electron chi connectivity index (χ4n) is 3.91. The van der Waals surface area contributed by atoms with Gasteiger partial charge in [0.15, 0.2) is 0 Å². The summed E-state index contributed by atoms with van der Waals surface area (Å²) in [4.78, 5) is 2.49. The van der Waals surface area contributed by atoms with E-state index in [1.165, 1.54) is 24.0 Å². The molecule has 1 unspecified atom stereocenters. The molecule has 1 atom stereocenters. The topological polar surface area (TPSA) is 32.7 Å². The van der Waals surface area contributed by atoms with E-state index in [4.69, 9.17) is 4.74 Å². The van der Waals surface area contributed by atoms with Gasteiger partial charge >= 0.3 is 0 Å². The van der Waals surface area contributed by atoms with Gasteiger partial charge in [-0.1, -0.05) is 42.5 Å². The highest BCUT2D eigenvalue weighted by atomic mass is 16.5. The first kappa shape index (κ1) is 16.6. The zero-order valence-electron chi connectivity index (χ0n) is 14.7. The highest BCUT2D eigenvalue weighted by Gasteiger charge is 2.48. The summed E-state index contributed by atoms with van der Waals surface area (Å²) in [6.07, 6.45) is 4.35. The fourth-order valence-corrected chi connectivity index (χ4v) is 3.91. The van der Waals surface area contributed by atoms with Crippen molar-refractivity contribution in [1.29, 1.82) is 0 Å². The molecular formula is C22H27NO2. The zero-order valence-corrected chi connectivity index (χ0v) is 14.7. The Hall–Kier alpha value is -1.84. The van der Waals surface area contributed by atoms with Crippen LogP contribution in [-0.4, -0.2) is 28.7 Å². The third kappa shape index (κ3) is 4.23. The van der Waals surface area contributed by atoms with E-state index in [0.717, 1.165) is 38.2 Å². The first-order chi connectivity index (χ1) is 12.2. The van der Waals surface area contributed by atoms with Crippen molar-refractivity contribution < 1.29 is 9.84 Å². The van der Waals surface area contributed by atoms with E-state index in [9.17, 15) is 5.11 Å². The maximum atomic E-state index is 10.4. The van der Waals surface area contributed by atoms with Crippen LogP contribution in [0, 0.1) is 5.92 Å². The van der Waals surface area contributed by atoms with Crippen molar-refractivity contribution in [3.05, 3.63) is 65.7 Å². The maximum absolute atomic E-state index is 10.4. The minimum absolute atomic E-state index is 0.348. The van der Waals surface area contributed by atoms with Crippen LogP contribution in [0.1, 0.15) is 36.8 Å². The second kappa shape index (κ2) is 7.19. The second-order valence-electron chi connectivity index (χ2n) is 7.60. The molecule has 1 saturated heterocycles. The molecule has 1 N–H and O–H groups in total. The Balaban J connectivity index is 1.34. The predicted octanol–water partition coefficient (Wildman–Crippen LogP) is 4.00. The van der Waals surface area contributed by atoms with E-state index in [1.54, 1.807) is 0 Å². The molecule has 2 aliphatic rings. The summed E-state index contributed by atoms with van der Waals surface area (Å²) in [6, 6.07) is 18.7. The van der Waals surface area contributed by atoms with Gasteiger partial charge in [-0.15, -0.1) is 0 Å². The van der Waals surface area contributed by atoms with Gasteiger partial charge in [-0.3, -0.25) is 4.90 Å². The number of ether oxygens (including phenoxy) is 1. The monoisotopic (exact) mass is 337 g/mol. The largest absolute Gasteiger partial charge is 0.489 e. The number of piperidine rings is 1. The Morgan fingerprint density at radius 2 is 1.84 bits per heavy atom. The highest BCUT2D eigenvalue weighted by molar-refractivity contribution is 5.29. The molecule has 4 rings (SSSR count). The lowest BCUT2D eigenvalue weighted by molar-refractivity contribution is 0.0292. The lowest BCUT2D eigenvalue weighted by atomic mass is 9.90. The lowest BCUT2D eigenvalue weighted by Gasteiger charge is -2.35. The molecule has 3 nitrogen and oxygen atoms in total. The quantitative estimate of drug-likeness (QED) is 0.865. The molecule has 2 aromatic rings. The third-order valence-electron chi connectivity index (χ3n) is 5.58. The van der Waals surface area contributed by atoms with Crippen LogP contribution >= 0.6 is 0 Å². The number of hydrogen-bond acceptors (Lipinski definition) is 3. The first-order valence-electron chi connectivity index (χ1n) is 9.42. The van der Waals surface area contributed by atoms with Crippen LogP contribution in [-0.2, 0) is 13.2 Å². The Kier molecular flexibility index (Phi) is 4.78. The number of aliphatic hydroxyl groups is 1. The highest BCUT2D eigenvalue weighted by Crippen LogP contribution is 2.45. The normalized spacial score (nSPS) is 22.5. The SMILES string of the molecule is OC1(C2CCCN(Cc3cccc(OCc4ccccc4)c3)C2)CC1. The molecule has 0 aromatic heterocycles. The molecule has 0 spiro atoms. The molecular weight excluding hydrogens is 310 g/mol. The average molecular weight is 337 g/mol. The van der Waals surface area contributed by atoms with Crippen LogP contribution in [0.2, 0.25) is 0 Å². The van der Waals surface area contributed by atoms with E-state index in [0.29, 0.717) is 12.5 Å². The number of nitrogens with zero attached hydrogens (tertiary/aromatic N) is 1. The van der Waals surface area contributed by atoms with Gasteiger partial charge in [0.25, 0.3) is 0 Å². The first-order valence-corrected chi connectivity index (χ1v) is 9.42. The molecule has 3 heteroatoms. The van der Waals surface area contributed by atoms with Crippen LogP contribution in [0.5, 0.6) is 5.75 Å². The van der Waals surface area contributed by atoms with Gasteiger partial charge in [0.05, 0.1) is 5.60 Å². The van der Waals surface area contributed by atoms with E-state index in [2.05, 4.69) is 35.2 Å². The minimum atomic E-state index is -0.348. The van der Waals surface area contributed by atoms with Crippen LogP contribution in [0.3, 0.4) is 0 Å². The van der Waals surface area contributed by atoms with Gasteiger partial charge in [-0.05, 0) is 55.5 Å². The van der Waals surface area contributed by atoms with Crippen LogP contribution in [0.4, 0.5) is 0 Å². The molecule has 1 aliphatic heterocycles. The van der Waals surface area contributed by atoms with Crippen molar-refractivity contribution in [3.63, 3.8) is 0 Å². The number of hydrogen-bond donors (Lipinski definition) is 1. The van der Waals surface area contributed by atoms with Crippen molar-refractivity contribution in [3.8, 4) is 5.75 Å². The average Bonchev–Trinajstić information content (AvgIpc) is 3.40. The van der Waals surface area contributed by atoms with Crippen molar-refractivity contribution in [1.82, 2.24) is 4.90 Å². The van der Waals surface area contributed by atoms with Gasteiger partial charge in [-0.2, -0.15) is 0 Å². The molecule has 1 aliphatic carbocycles. The number of rotatable bonds is 6. The van der Waals surface area contributed by atoms with Gasteiger partial charge < -0.3 is 9.84 Å². The molecule has 2 fully saturated rings. The van der Waals surface area contributed by atoms with E-state index in [1.807, 2.05) is 24.3 Å². The Bertz CT molecular complexity index is 696. The van der Waals surface area contributed by atoms with Gasteiger partial charge in [0.2, 0.25) is 0 Å². The van der Waals surface area contributed by atoms with Crippen LogP contribution < -0.4 is 4.74 Å². The lowest BCUT2D eigenvalue weighted by Crippen LogP contribution is -2.40. The summed E-state index contributed by atoms with van der Waals surface area (Å²) < 4.78 is 5.95. The molecule has 25 heavy (non-hydrogen) atoms.